The molecule has 1 amide bonds. The number of benzene rings is 3. The Kier molecular flexibility index (Phi) is 11.7. The first-order valence-corrected chi connectivity index (χ1v) is 15.1. The van der Waals surface area contributed by atoms with E-state index in [4.69, 9.17) is 9.84 Å². The van der Waals surface area contributed by atoms with E-state index in [0.717, 1.165) is 28.1 Å². The number of carboxylic acid groups (broad SMARTS) is 1. The second-order valence-electron chi connectivity index (χ2n) is 11.2. The number of nitrogens with one attached hydrogen (secondary N) is 1. The van der Waals surface area contributed by atoms with Gasteiger partial charge in [-0.3, -0.25) is 14.4 Å². The summed E-state index contributed by atoms with van der Waals surface area (Å²) >= 11 is 0. The van der Waals surface area contributed by atoms with E-state index in [1.54, 1.807) is 0 Å². The first-order chi connectivity index (χ1) is 21.7. The number of carboxylic acids is 1. The van der Waals surface area contributed by atoms with Crippen LogP contribution in [0.3, 0.4) is 0 Å². The zero-order valence-corrected chi connectivity index (χ0v) is 25.6. The van der Waals surface area contributed by atoms with Crippen molar-refractivity contribution in [3.63, 3.8) is 0 Å². The molecule has 4 N–H and O–H groups in total. The van der Waals surface area contributed by atoms with Crippen molar-refractivity contribution >= 4 is 23.5 Å². The monoisotopic (exact) mass is 612 g/mol. The molecule has 0 saturated heterocycles. The summed E-state index contributed by atoms with van der Waals surface area (Å²) in [6, 6.07) is 28.8. The highest BCUT2D eigenvalue weighted by atomic mass is 16.5. The summed E-state index contributed by atoms with van der Waals surface area (Å²) in [4.78, 5) is 37.8. The lowest BCUT2D eigenvalue weighted by Crippen LogP contribution is -2.22. The molecule has 0 aliphatic heterocycles. The van der Waals surface area contributed by atoms with Gasteiger partial charge < -0.3 is 29.9 Å². The average Bonchev–Trinajstić information content (AvgIpc) is 3.36. The highest BCUT2D eigenvalue weighted by Gasteiger charge is 2.30. The van der Waals surface area contributed by atoms with E-state index in [0.29, 0.717) is 11.3 Å². The van der Waals surface area contributed by atoms with Crippen molar-refractivity contribution in [2.45, 2.75) is 64.2 Å². The molecule has 0 spiro atoms. The Bertz CT molecular complexity index is 1570. The van der Waals surface area contributed by atoms with Crippen molar-refractivity contribution in [3.05, 3.63) is 102 Å². The molecule has 0 aliphatic rings. The standard InChI is InChI=1S/C36H40N2O7/c1-24(2)34-33(36(44)37-27-16-10-5-11-17-27)32(25-12-6-3-7-13-25)35(26-14-8-4-9-15-26)38(34)20-18-31(43)45-21-19-28(39)22-29(40)23-30(41)42/h3-17,24,28-29,39-40H,18-23H2,1-2H3,(H,37,44)(H,41,42)/t28-,29-/m0/s1. The van der Waals surface area contributed by atoms with Crippen LogP contribution in [-0.2, 0) is 20.9 Å². The van der Waals surface area contributed by atoms with Crippen LogP contribution in [0.5, 0.6) is 0 Å². The van der Waals surface area contributed by atoms with E-state index >= 15 is 0 Å². The van der Waals surface area contributed by atoms with E-state index in [9.17, 15) is 24.6 Å². The van der Waals surface area contributed by atoms with E-state index in [-0.39, 0.29) is 44.2 Å². The van der Waals surface area contributed by atoms with E-state index in [1.807, 2.05) is 109 Å². The van der Waals surface area contributed by atoms with Gasteiger partial charge in [-0.15, -0.1) is 0 Å². The number of esters is 1. The lowest BCUT2D eigenvalue weighted by atomic mass is 9.94. The number of ether oxygens (including phenoxy) is 1. The number of aliphatic hydroxyl groups is 2. The van der Waals surface area contributed by atoms with Crippen LogP contribution in [0, 0.1) is 0 Å². The zero-order valence-electron chi connectivity index (χ0n) is 25.6. The third kappa shape index (κ3) is 8.90. The molecule has 45 heavy (non-hydrogen) atoms. The maximum Gasteiger partial charge on any atom is 0.307 e. The van der Waals surface area contributed by atoms with Crippen LogP contribution in [0.1, 0.15) is 61.5 Å². The molecule has 0 saturated carbocycles. The lowest BCUT2D eigenvalue weighted by molar-refractivity contribution is -0.144. The average molecular weight is 613 g/mol. The number of para-hydroxylation sites is 1. The fourth-order valence-electron chi connectivity index (χ4n) is 5.50. The van der Waals surface area contributed by atoms with Crippen LogP contribution >= 0.6 is 0 Å². The van der Waals surface area contributed by atoms with Gasteiger partial charge in [-0.1, -0.05) is 92.7 Å². The third-order valence-electron chi connectivity index (χ3n) is 7.43. The van der Waals surface area contributed by atoms with Crippen LogP contribution < -0.4 is 5.32 Å². The van der Waals surface area contributed by atoms with Crippen molar-refractivity contribution in [3.8, 4) is 22.4 Å². The molecular weight excluding hydrogens is 572 g/mol. The van der Waals surface area contributed by atoms with Gasteiger partial charge in [0, 0.05) is 29.9 Å². The first-order valence-electron chi connectivity index (χ1n) is 15.1. The van der Waals surface area contributed by atoms with Gasteiger partial charge in [-0.25, -0.2) is 0 Å². The zero-order chi connectivity index (χ0) is 32.3. The van der Waals surface area contributed by atoms with E-state index in [1.165, 1.54) is 0 Å². The number of hydrogen-bond acceptors (Lipinski definition) is 6. The molecule has 0 bridgehead atoms. The van der Waals surface area contributed by atoms with Gasteiger partial charge in [0.2, 0.25) is 0 Å². The Hall–Kier alpha value is -4.73. The summed E-state index contributed by atoms with van der Waals surface area (Å²) in [6.07, 6.45) is -2.69. The van der Waals surface area contributed by atoms with Crippen molar-refractivity contribution in [1.29, 1.82) is 0 Å². The minimum absolute atomic E-state index is 0.0138. The highest BCUT2D eigenvalue weighted by Crippen LogP contribution is 2.42. The molecule has 2 atom stereocenters. The lowest BCUT2D eigenvalue weighted by Gasteiger charge is -2.17. The normalized spacial score (nSPS) is 12.5. The van der Waals surface area contributed by atoms with Crippen molar-refractivity contribution in [2.24, 2.45) is 0 Å². The van der Waals surface area contributed by atoms with Crippen LogP contribution in [0.2, 0.25) is 0 Å². The molecule has 0 radical (unpaired) electrons. The number of rotatable bonds is 15. The smallest absolute Gasteiger partial charge is 0.307 e. The number of anilines is 1. The van der Waals surface area contributed by atoms with Crippen molar-refractivity contribution in [1.82, 2.24) is 4.57 Å². The Morgan fingerprint density at radius 2 is 1.40 bits per heavy atom. The second-order valence-corrected chi connectivity index (χ2v) is 11.2. The molecule has 3 aromatic carbocycles. The molecule has 9 heteroatoms. The molecule has 0 aliphatic carbocycles. The molecule has 4 rings (SSSR count). The SMILES string of the molecule is CC(C)c1c(C(=O)Nc2ccccc2)c(-c2ccccc2)c(-c2ccccc2)n1CCC(=O)OCC[C@H](O)C[C@H](O)CC(=O)O. The largest absolute Gasteiger partial charge is 0.481 e. The van der Waals surface area contributed by atoms with Crippen LogP contribution in [-0.4, -0.2) is 56.5 Å². The molecule has 1 aromatic heterocycles. The molecule has 0 fully saturated rings. The summed E-state index contributed by atoms with van der Waals surface area (Å²) < 4.78 is 7.44. The molecule has 9 nitrogen and oxygen atoms in total. The van der Waals surface area contributed by atoms with Gasteiger partial charge in [0.1, 0.15) is 0 Å². The van der Waals surface area contributed by atoms with Crippen LogP contribution in [0.25, 0.3) is 22.4 Å². The Morgan fingerprint density at radius 1 is 0.822 bits per heavy atom. The third-order valence-corrected chi connectivity index (χ3v) is 7.43. The van der Waals surface area contributed by atoms with Gasteiger partial charge >= 0.3 is 11.9 Å². The summed E-state index contributed by atoms with van der Waals surface area (Å²) in [5, 5.41) is 31.7. The number of carbonyl (C=O) groups excluding carboxylic acids is 2. The van der Waals surface area contributed by atoms with Gasteiger partial charge in [-0.2, -0.15) is 0 Å². The fourth-order valence-corrected chi connectivity index (χ4v) is 5.50. The van der Waals surface area contributed by atoms with Crippen molar-refractivity contribution in [2.75, 3.05) is 11.9 Å². The molecule has 0 unspecified atom stereocenters. The summed E-state index contributed by atoms with van der Waals surface area (Å²) in [5.74, 6) is -1.96. The van der Waals surface area contributed by atoms with Gasteiger partial charge in [-0.05, 0) is 35.6 Å². The molecule has 236 valence electrons. The van der Waals surface area contributed by atoms with E-state index in [2.05, 4.69) is 5.32 Å². The predicted octanol–water partition coefficient (Wildman–Crippen LogP) is 6.11. The maximum absolute atomic E-state index is 14.1. The number of aliphatic carboxylic acids is 1. The summed E-state index contributed by atoms with van der Waals surface area (Å²) in [5.41, 5.74) is 5.36. The van der Waals surface area contributed by atoms with Crippen LogP contribution in [0.4, 0.5) is 5.69 Å². The first kappa shape index (κ1) is 33.2. The van der Waals surface area contributed by atoms with Gasteiger partial charge in [0.15, 0.2) is 0 Å². The highest BCUT2D eigenvalue weighted by molar-refractivity contribution is 6.12. The number of aromatic nitrogens is 1. The van der Waals surface area contributed by atoms with Crippen LogP contribution in [0.15, 0.2) is 91.0 Å². The minimum Gasteiger partial charge on any atom is -0.481 e. The quantitative estimate of drug-likeness (QED) is 0.119. The fraction of sp³-hybridized carbons (Fsp3) is 0.306. The minimum atomic E-state index is -1.18. The number of amides is 1. The van der Waals surface area contributed by atoms with Crippen molar-refractivity contribution < 1.29 is 34.4 Å². The number of carbonyl (C=O) groups is 3. The number of nitrogens with zero attached hydrogens (tertiary/aromatic N) is 1. The molecular formula is C36H40N2O7. The number of hydrogen-bond donors (Lipinski definition) is 4. The Morgan fingerprint density at radius 3 is 1.98 bits per heavy atom. The second kappa shape index (κ2) is 15.8. The number of aliphatic hydroxyl groups excluding tert-OH is 2. The predicted molar refractivity (Wildman–Crippen MR) is 173 cm³/mol. The van der Waals surface area contributed by atoms with Gasteiger partial charge in [0.25, 0.3) is 5.91 Å². The summed E-state index contributed by atoms with van der Waals surface area (Å²) in [6.45, 7) is 4.21. The topological polar surface area (TPSA) is 138 Å². The molecule has 1 heterocycles. The Balaban J connectivity index is 1.67. The summed E-state index contributed by atoms with van der Waals surface area (Å²) in [7, 11) is 0. The molecule has 4 aromatic rings. The van der Waals surface area contributed by atoms with Gasteiger partial charge in [0.05, 0.1) is 42.9 Å². The Labute approximate surface area is 263 Å². The maximum atomic E-state index is 14.1. The van der Waals surface area contributed by atoms with E-state index < -0.39 is 30.6 Å².